The first-order chi connectivity index (χ1) is 18.9. The van der Waals surface area contributed by atoms with E-state index < -0.39 is 11.3 Å². The van der Waals surface area contributed by atoms with Crippen LogP contribution in [-0.2, 0) is 0 Å². The van der Waals surface area contributed by atoms with Crippen LogP contribution in [0.4, 0.5) is 11.4 Å². The molecular weight excluding hydrogens is 508 g/mol. The smallest absolute Gasteiger partial charge is 0.220 e. The van der Waals surface area contributed by atoms with Crippen LogP contribution in [0, 0.1) is 0 Å². The van der Waals surface area contributed by atoms with Crippen molar-refractivity contribution in [1.29, 1.82) is 0 Å². The Bertz CT molecular complexity index is 1410. The van der Waals surface area contributed by atoms with E-state index in [-0.39, 0.29) is 23.8 Å². The van der Waals surface area contributed by atoms with Gasteiger partial charge in [0.25, 0.3) is 0 Å². The highest BCUT2D eigenvalue weighted by molar-refractivity contribution is 6.06. The van der Waals surface area contributed by atoms with Crippen molar-refractivity contribution in [2.75, 3.05) is 9.80 Å². The third-order valence-electron chi connectivity index (χ3n) is 6.27. The number of benzene rings is 3. The van der Waals surface area contributed by atoms with Gasteiger partial charge in [0.1, 0.15) is 34.3 Å². The molecule has 2 aliphatic heterocycles. The summed E-state index contributed by atoms with van der Waals surface area (Å²) in [5.41, 5.74) is 24.1. The molecule has 0 saturated carbocycles. The van der Waals surface area contributed by atoms with Crippen LogP contribution in [-0.4, -0.2) is 35.2 Å². The second-order valence-corrected chi connectivity index (χ2v) is 10.2. The lowest BCUT2D eigenvalue weighted by atomic mass is 10.1. The summed E-state index contributed by atoms with van der Waals surface area (Å²) in [4.78, 5) is 20.5. The van der Waals surface area contributed by atoms with Gasteiger partial charge in [0, 0.05) is 11.4 Å². The number of nitrogens with zero attached hydrogens (tertiary/aromatic N) is 6. The van der Waals surface area contributed by atoms with Crippen molar-refractivity contribution in [1.82, 2.24) is 0 Å². The summed E-state index contributed by atoms with van der Waals surface area (Å²) in [6.45, 7) is 7.65. The van der Waals surface area contributed by atoms with Crippen molar-refractivity contribution in [2.45, 2.75) is 39.0 Å². The zero-order chi connectivity index (χ0) is 28.7. The average molecular weight is 541 g/mol. The monoisotopic (exact) mass is 540 g/mol. The van der Waals surface area contributed by atoms with E-state index in [0.29, 0.717) is 23.0 Å². The molecule has 12 heteroatoms. The highest BCUT2D eigenvalue weighted by Gasteiger charge is 2.34. The summed E-state index contributed by atoms with van der Waals surface area (Å²) in [6.07, 6.45) is 0. The Morgan fingerprint density at radius 3 is 1.05 bits per heavy atom. The van der Waals surface area contributed by atoms with Crippen molar-refractivity contribution in [3.05, 3.63) is 72.8 Å². The molecule has 3 aromatic carbocycles. The molecule has 8 N–H and O–H groups in total. The topological polar surface area (TPSA) is 178 Å². The summed E-state index contributed by atoms with van der Waals surface area (Å²) < 4.78 is 12.0. The Kier molecular flexibility index (Phi) is 6.46. The molecule has 0 atom stereocenters. The number of hydrogen-bond donors (Lipinski definition) is 4. The van der Waals surface area contributed by atoms with Crippen molar-refractivity contribution in [3.8, 4) is 23.0 Å². The fourth-order valence-corrected chi connectivity index (χ4v) is 4.68. The van der Waals surface area contributed by atoms with Crippen molar-refractivity contribution in [2.24, 2.45) is 42.9 Å². The van der Waals surface area contributed by atoms with E-state index in [2.05, 4.69) is 20.0 Å². The Morgan fingerprint density at radius 2 is 0.775 bits per heavy atom. The number of hydrogen-bond acceptors (Lipinski definition) is 12. The Hall–Kier alpha value is -5.26. The molecule has 0 bridgehead atoms. The van der Waals surface area contributed by atoms with Crippen LogP contribution in [0.15, 0.2) is 92.8 Å². The Morgan fingerprint density at radius 1 is 0.500 bits per heavy atom. The van der Waals surface area contributed by atoms with Crippen LogP contribution in [0.5, 0.6) is 23.0 Å². The van der Waals surface area contributed by atoms with Crippen LogP contribution in [0.25, 0.3) is 0 Å². The quantitative estimate of drug-likeness (QED) is 0.366. The van der Waals surface area contributed by atoms with Gasteiger partial charge in [-0.1, -0.05) is 0 Å². The molecule has 206 valence electrons. The van der Waals surface area contributed by atoms with Crippen molar-refractivity contribution in [3.63, 3.8) is 0 Å². The highest BCUT2D eigenvalue weighted by atomic mass is 16.5. The van der Waals surface area contributed by atoms with E-state index in [1.54, 1.807) is 0 Å². The maximum Gasteiger partial charge on any atom is 0.220 e. The second-order valence-electron chi connectivity index (χ2n) is 10.2. The average Bonchev–Trinajstić information content (AvgIpc) is 2.85. The molecule has 0 saturated heterocycles. The first kappa shape index (κ1) is 26.4. The maximum absolute atomic E-state index is 6.12. The molecular formula is C28H32N10O2. The van der Waals surface area contributed by atoms with Gasteiger partial charge in [0.05, 0.1) is 0 Å². The second kappa shape index (κ2) is 9.80. The normalized spacial score (nSPS) is 17.8. The minimum Gasteiger partial charge on any atom is -0.457 e. The van der Waals surface area contributed by atoms with Crippen LogP contribution >= 0.6 is 0 Å². The van der Waals surface area contributed by atoms with Gasteiger partial charge in [0.2, 0.25) is 23.8 Å². The standard InChI is InChI=1S/C28H32N10O2/c1-27(2)35-23(29)33-25(31)37(27)17-5-9-19(10-6-17)39-21-13-15-22(16-14-21)40-20-11-7-18(8-12-20)38-26(32)34-24(30)36-28(38,3)4/h5-16H,1-4H3,(H4,29,31,33,35)(H4,30,32,34,36). The number of nitrogens with two attached hydrogens (primary N) is 4. The van der Waals surface area contributed by atoms with Crippen LogP contribution < -0.4 is 42.2 Å². The molecule has 3 aromatic rings. The largest absolute Gasteiger partial charge is 0.457 e. The van der Waals surface area contributed by atoms with E-state index in [4.69, 9.17) is 32.4 Å². The molecule has 0 aromatic heterocycles. The summed E-state index contributed by atoms with van der Waals surface area (Å²) in [5.74, 6) is 3.53. The lowest BCUT2D eigenvalue weighted by molar-refractivity contribution is 0.469. The van der Waals surface area contributed by atoms with E-state index in [9.17, 15) is 0 Å². The number of aliphatic imine (C=N–C) groups is 4. The van der Waals surface area contributed by atoms with E-state index >= 15 is 0 Å². The Labute approximate surface area is 232 Å². The SMILES string of the molecule is CC1(C)N=C(N)N=C(N)N1c1ccc(Oc2ccc(Oc3ccc(N4C(N)=NC(N)=NC4(C)C)cc3)cc2)cc1. The summed E-state index contributed by atoms with van der Waals surface area (Å²) in [6, 6.07) is 22.3. The predicted octanol–water partition coefficient (Wildman–Crippen LogP) is 3.64. The molecule has 0 aliphatic carbocycles. The molecule has 2 heterocycles. The van der Waals surface area contributed by atoms with Gasteiger partial charge in [-0.3, -0.25) is 9.80 Å². The summed E-state index contributed by atoms with van der Waals surface area (Å²) >= 11 is 0. The fourth-order valence-electron chi connectivity index (χ4n) is 4.68. The zero-order valence-corrected chi connectivity index (χ0v) is 22.7. The van der Waals surface area contributed by atoms with E-state index in [1.165, 1.54) is 0 Å². The molecule has 5 rings (SSSR count). The number of ether oxygens (including phenoxy) is 2. The third-order valence-corrected chi connectivity index (χ3v) is 6.27. The van der Waals surface area contributed by atoms with E-state index in [1.807, 2.05) is 110 Å². The number of anilines is 2. The van der Waals surface area contributed by atoms with Gasteiger partial charge in [0.15, 0.2) is 0 Å². The molecule has 2 aliphatic rings. The highest BCUT2D eigenvalue weighted by Crippen LogP contribution is 2.33. The molecule has 12 nitrogen and oxygen atoms in total. The Balaban J connectivity index is 1.22. The first-order valence-corrected chi connectivity index (χ1v) is 12.6. The van der Waals surface area contributed by atoms with Gasteiger partial charge >= 0.3 is 0 Å². The lowest BCUT2D eigenvalue weighted by Gasteiger charge is -2.38. The predicted molar refractivity (Wildman–Crippen MR) is 159 cm³/mol. The zero-order valence-electron chi connectivity index (χ0n) is 22.7. The molecule has 0 unspecified atom stereocenters. The maximum atomic E-state index is 6.12. The van der Waals surface area contributed by atoms with Gasteiger partial charge in [-0.25, -0.2) is 9.98 Å². The number of rotatable bonds is 6. The molecule has 0 spiro atoms. The van der Waals surface area contributed by atoms with E-state index in [0.717, 1.165) is 11.4 Å². The molecule has 0 radical (unpaired) electrons. The van der Waals surface area contributed by atoms with Gasteiger partial charge < -0.3 is 32.4 Å². The lowest BCUT2D eigenvalue weighted by Crippen LogP contribution is -2.54. The molecule has 40 heavy (non-hydrogen) atoms. The summed E-state index contributed by atoms with van der Waals surface area (Å²) in [5, 5.41) is 0. The van der Waals surface area contributed by atoms with Gasteiger partial charge in [-0.05, 0) is 100 Å². The van der Waals surface area contributed by atoms with Crippen molar-refractivity contribution < 1.29 is 9.47 Å². The van der Waals surface area contributed by atoms with Crippen LogP contribution in [0.3, 0.4) is 0 Å². The fraction of sp³-hybridized carbons (Fsp3) is 0.214. The van der Waals surface area contributed by atoms with Gasteiger partial charge in [-0.2, -0.15) is 9.98 Å². The van der Waals surface area contributed by atoms with Crippen molar-refractivity contribution >= 4 is 35.2 Å². The van der Waals surface area contributed by atoms with Crippen LogP contribution in [0.1, 0.15) is 27.7 Å². The minimum atomic E-state index is -0.663. The minimum absolute atomic E-state index is 0.158. The summed E-state index contributed by atoms with van der Waals surface area (Å²) in [7, 11) is 0. The van der Waals surface area contributed by atoms with Crippen LogP contribution in [0.2, 0.25) is 0 Å². The van der Waals surface area contributed by atoms with Gasteiger partial charge in [-0.15, -0.1) is 0 Å². The number of guanidine groups is 4. The molecule has 0 fully saturated rings. The third kappa shape index (κ3) is 5.32. The first-order valence-electron chi connectivity index (χ1n) is 12.6. The molecule has 0 amide bonds.